The first kappa shape index (κ1) is 26.9. The normalized spacial score (nSPS) is 11.3. The van der Waals surface area contributed by atoms with E-state index in [1.54, 1.807) is 24.3 Å². The zero-order valence-electron chi connectivity index (χ0n) is 20.1. The van der Waals surface area contributed by atoms with E-state index in [1.807, 2.05) is 6.07 Å². The van der Waals surface area contributed by atoms with Gasteiger partial charge in [0.25, 0.3) is 0 Å². The Bertz CT molecular complexity index is 1000. The largest absolute Gasteiger partial charge is 1.00 e. The number of unbranched alkanes of at least 4 members (excludes halogenated alkanes) is 2. The Morgan fingerprint density at radius 1 is 1.06 bits per heavy atom. The predicted molar refractivity (Wildman–Crippen MR) is 125 cm³/mol. The number of aromatic amines is 1. The SMILES string of the molecule is CCc1cc(-c2cc(Cl)cc(Cl)c2)c(O)cc1OCCCCCC(C)(C)c1nn[nH]n1.[H-].[Na+]. The molecular weight excluding hydrogens is 458 g/mol. The molecule has 0 aliphatic carbocycles. The number of nitrogens with one attached hydrogen (secondary N) is 1. The van der Waals surface area contributed by atoms with Crippen LogP contribution < -0.4 is 34.3 Å². The second kappa shape index (κ2) is 12.2. The maximum Gasteiger partial charge on any atom is 1.00 e. The van der Waals surface area contributed by atoms with Crippen LogP contribution in [0.15, 0.2) is 30.3 Å². The molecule has 0 atom stereocenters. The van der Waals surface area contributed by atoms with Crippen LogP contribution in [-0.4, -0.2) is 32.3 Å². The first-order valence-corrected chi connectivity index (χ1v) is 11.2. The van der Waals surface area contributed by atoms with E-state index in [-0.39, 0.29) is 42.1 Å². The molecule has 0 spiro atoms. The van der Waals surface area contributed by atoms with Crippen molar-refractivity contribution in [3.05, 3.63) is 51.8 Å². The molecule has 6 nitrogen and oxygen atoms in total. The average molecular weight is 487 g/mol. The summed E-state index contributed by atoms with van der Waals surface area (Å²) in [6, 6.07) is 8.88. The molecule has 32 heavy (non-hydrogen) atoms. The Hall–Kier alpha value is -1.31. The van der Waals surface area contributed by atoms with Gasteiger partial charge in [-0.3, -0.25) is 0 Å². The minimum absolute atomic E-state index is 0. The molecule has 2 N–H and O–H groups in total. The van der Waals surface area contributed by atoms with Crippen molar-refractivity contribution >= 4 is 23.2 Å². The van der Waals surface area contributed by atoms with Crippen molar-refractivity contribution in [2.45, 2.75) is 58.3 Å². The summed E-state index contributed by atoms with van der Waals surface area (Å²) in [6.07, 6.45) is 4.77. The van der Waals surface area contributed by atoms with E-state index in [1.165, 1.54) is 0 Å². The molecule has 2 aromatic carbocycles. The van der Waals surface area contributed by atoms with Crippen LogP contribution in [0.5, 0.6) is 11.5 Å². The number of ether oxygens (including phenoxy) is 1. The second-order valence-corrected chi connectivity index (χ2v) is 9.14. The van der Waals surface area contributed by atoms with Crippen LogP contribution in [0.1, 0.15) is 59.3 Å². The van der Waals surface area contributed by atoms with Gasteiger partial charge in [0, 0.05) is 27.1 Å². The molecule has 3 rings (SSSR count). The van der Waals surface area contributed by atoms with Crippen LogP contribution in [0.2, 0.25) is 10.0 Å². The Labute approximate surface area is 222 Å². The van der Waals surface area contributed by atoms with Crippen LogP contribution >= 0.6 is 23.2 Å². The van der Waals surface area contributed by atoms with Gasteiger partial charge in [0.05, 0.1) is 6.61 Å². The van der Waals surface area contributed by atoms with E-state index in [0.717, 1.165) is 49.1 Å². The number of benzene rings is 2. The Morgan fingerprint density at radius 2 is 1.78 bits per heavy atom. The van der Waals surface area contributed by atoms with Gasteiger partial charge in [-0.1, -0.05) is 62.0 Å². The molecule has 0 aliphatic rings. The molecule has 1 heterocycles. The summed E-state index contributed by atoms with van der Waals surface area (Å²) in [7, 11) is 0. The third kappa shape index (κ3) is 7.09. The van der Waals surface area contributed by atoms with Crippen LogP contribution in [0.25, 0.3) is 11.1 Å². The predicted octanol–water partition coefficient (Wildman–Crippen LogP) is 3.48. The molecular formula is C23H29Cl2N4NaO2. The summed E-state index contributed by atoms with van der Waals surface area (Å²) >= 11 is 12.2. The van der Waals surface area contributed by atoms with Gasteiger partial charge in [0.15, 0.2) is 5.82 Å². The number of rotatable bonds is 10. The number of tetrazole rings is 1. The summed E-state index contributed by atoms with van der Waals surface area (Å²) in [5, 5.41) is 26.0. The minimum Gasteiger partial charge on any atom is -1.00 e. The summed E-state index contributed by atoms with van der Waals surface area (Å²) < 4.78 is 6.00. The van der Waals surface area contributed by atoms with Gasteiger partial charge in [-0.15, -0.1) is 10.2 Å². The van der Waals surface area contributed by atoms with E-state index >= 15 is 0 Å². The fourth-order valence-electron chi connectivity index (χ4n) is 3.55. The van der Waals surface area contributed by atoms with Gasteiger partial charge in [-0.2, -0.15) is 5.21 Å². The maximum atomic E-state index is 10.6. The Morgan fingerprint density at radius 3 is 2.41 bits per heavy atom. The third-order valence-electron chi connectivity index (χ3n) is 5.39. The smallest absolute Gasteiger partial charge is 1.00 e. The van der Waals surface area contributed by atoms with Crippen molar-refractivity contribution in [1.82, 2.24) is 20.6 Å². The van der Waals surface area contributed by atoms with Crippen LogP contribution in [-0.2, 0) is 11.8 Å². The van der Waals surface area contributed by atoms with Crippen LogP contribution in [0.4, 0.5) is 0 Å². The summed E-state index contributed by atoms with van der Waals surface area (Å²) in [5.74, 6) is 1.60. The molecule has 0 radical (unpaired) electrons. The van der Waals surface area contributed by atoms with E-state index in [9.17, 15) is 5.11 Å². The number of hydrogen-bond donors (Lipinski definition) is 2. The number of phenolic OH excluding ortho intramolecular Hbond substituents is 1. The topological polar surface area (TPSA) is 83.9 Å². The number of nitrogens with zero attached hydrogens (tertiary/aromatic N) is 3. The van der Waals surface area contributed by atoms with Crippen molar-refractivity contribution in [2.24, 2.45) is 0 Å². The quantitative estimate of drug-likeness (QED) is 0.338. The average Bonchev–Trinajstić information content (AvgIpc) is 3.26. The van der Waals surface area contributed by atoms with Crippen molar-refractivity contribution in [3.63, 3.8) is 0 Å². The standard InChI is InChI=1S/C23H28Cl2N4O2.Na.H/c1-4-15-12-19(16-10-17(24)13-18(25)11-16)20(30)14-21(15)31-9-7-5-6-8-23(2,3)22-26-28-29-27-22;;/h10-14,30H,4-9H2,1-3H3,(H,26,27,28,29);;/q;+1;-1. The molecule has 0 bridgehead atoms. The summed E-state index contributed by atoms with van der Waals surface area (Å²) in [4.78, 5) is 0. The summed E-state index contributed by atoms with van der Waals surface area (Å²) in [6.45, 7) is 6.91. The monoisotopic (exact) mass is 486 g/mol. The minimum atomic E-state index is -0.103. The molecule has 0 saturated carbocycles. The van der Waals surface area contributed by atoms with Crippen molar-refractivity contribution in [2.75, 3.05) is 6.61 Å². The van der Waals surface area contributed by atoms with Gasteiger partial charge in [0.2, 0.25) is 0 Å². The number of aromatic hydroxyl groups is 1. The van der Waals surface area contributed by atoms with Gasteiger partial charge in [-0.25, -0.2) is 0 Å². The number of halogens is 2. The number of phenols is 1. The van der Waals surface area contributed by atoms with Gasteiger partial charge < -0.3 is 11.3 Å². The second-order valence-electron chi connectivity index (χ2n) is 8.27. The Balaban J connectivity index is 0.00000272. The van der Waals surface area contributed by atoms with Crippen molar-refractivity contribution in [3.8, 4) is 22.6 Å². The molecule has 0 fully saturated rings. The molecule has 0 aliphatic heterocycles. The van der Waals surface area contributed by atoms with Crippen LogP contribution in [0.3, 0.4) is 0 Å². The first-order valence-electron chi connectivity index (χ1n) is 10.5. The molecule has 0 amide bonds. The number of aromatic nitrogens is 4. The molecule has 3 aromatic rings. The van der Waals surface area contributed by atoms with Gasteiger partial charge in [0.1, 0.15) is 11.5 Å². The Kier molecular flexibility index (Phi) is 10.3. The number of hydrogen-bond acceptors (Lipinski definition) is 5. The van der Waals surface area contributed by atoms with E-state index in [4.69, 9.17) is 27.9 Å². The van der Waals surface area contributed by atoms with Crippen molar-refractivity contribution < 1.29 is 40.8 Å². The number of H-pyrrole nitrogens is 1. The van der Waals surface area contributed by atoms with E-state index in [2.05, 4.69) is 41.4 Å². The van der Waals surface area contributed by atoms with E-state index < -0.39 is 0 Å². The van der Waals surface area contributed by atoms with Gasteiger partial charge in [-0.05, 0) is 54.7 Å². The van der Waals surface area contributed by atoms with Gasteiger partial charge >= 0.3 is 29.6 Å². The molecule has 9 heteroatoms. The molecule has 1 aromatic heterocycles. The fraction of sp³-hybridized carbons (Fsp3) is 0.435. The molecule has 0 saturated heterocycles. The third-order valence-corrected chi connectivity index (χ3v) is 5.82. The zero-order valence-corrected chi connectivity index (χ0v) is 22.6. The van der Waals surface area contributed by atoms with Crippen LogP contribution in [0, 0.1) is 0 Å². The van der Waals surface area contributed by atoms with Crippen molar-refractivity contribution in [1.29, 1.82) is 0 Å². The summed E-state index contributed by atoms with van der Waals surface area (Å²) in [5.41, 5.74) is 2.40. The molecule has 168 valence electrons. The zero-order chi connectivity index (χ0) is 22.4. The first-order chi connectivity index (χ1) is 14.8. The maximum absolute atomic E-state index is 10.6. The number of aryl methyl sites for hydroxylation is 1. The fourth-order valence-corrected chi connectivity index (χ4v) is 4.08. The van der Waals surface area contributed by atoms with E-state index in [0.29, 0.717) is 28.0 Å². The molecule has 0 unspecified atom stereocenters.